The fourth-order valence-corrected chi connectivity index (χ4v) is 7.79. The standard InChI is InChI=1S/C24H25BrN4O4S2/c25-19-7-6-18(14-22(19)35(31,32)29-10-12-33-13-11-29)23(30)27-24-26-20-8-9-28(16-21(20)34-24)15-17-4-2-1-3-5-17/h1-7,14H,8-13,15-16H2,(H,26,27,30)/p+1. The van der Waals surface area contributed by atoms with Crippen LogP contribution in [0.2, 0.25) is 0 Å². The molecule has 0 aliphatic carbocycles. The number of aromatic nitrogens is 1. The number of hydrogen-bond donors (Lipinski definition) is 2. The van der Waals surface area contributed by atoms with Crippen molar-refractivity contribution >= 4 is 48.3 Å². The van der Waals surface area contributed by atoms with Gasteiger partial charge in [-0.2, -0.15) is 4.31 Å². The van der Waals surface area contributed by atoms with Crippen molar-refractivity contribution in [2.45, 2.75) is 24.4 Å². The Morgan fingerprint density at radius 3 is 2.71 bits per heavy atom. The number of fused-ring (bicyclic) bond motifs is 1. The van der Waals surface area contributed by atoms with Crippen molar-refractivity contribution in [3.8, 4) is 0 Å². The number of benzene rings is 2. The van der Waals surface area contributed by atoms with E-state index in [1.165, 1.54) is 37.0 Å². The minimum Gasteiger partial charge on any atom is -0.379 e. The molecule has 35 heavy (non-hydrogen) atoms. The molecule has 0 bridgehead atoms. The van der Waals surface area contributed by atoms with Crippen LogP contribution in [0, 0.1) is 0 Å². The molecule has 2 aromatic carbocycles. The molecule has 1 aromatic heterocycles. The molecule has 1 atom stereocenters. The zero-order chi connectivity index (χ0) is 24.4. The highest BCUT2D eigenvalue weighted by atomic mass is 79.9. The maximum atomic E-state index is 13.1. The third-order valence-electron chi connectivity index (χ3n) is 6.20. The van der Waals surface area contributed by atoms with Crippen LogP contribution in [0.1, 0.15) is 26.5 Å². The largest absolute Gasteiger partial charge is 0.379 e. The Kier molecular flexibility index (Phi) is 7.33. The lowest BCUT2D eigenvalue weighted by molar-refractivity contribution is -0.929. The molecule has 1 saturated heterocycles. The van der Waals surface area contributed by atoms with Crippen LogP contribution in [0.25, 0.3) is 0 Å². The molecular weight excluding hydrogens is 552 g/mol. The molecule has 0 saturated carbocycles. The van der Waals surface area contributed by atoms with Crippen LogP contribution in [0.4, 0.5) is 5.13 Å². The maximum absolute atomic E-state index is 13.1. The normalized spacial score (nSPS) is 18.7. The second-order valence-corrected chi connectivity index (χ2v) is 12.4. The number of carbonyl (C=O) groups excluding carboxylic acids is 1. The molecule has 0 spiro atoms. The van der Waals surface area contributed by atoms with Gasteiger partial charge in [0.2, 0.25) is 10.0 Å². The monoisotopic (exact) mass is 577 g/mol. The smallest absolute Gasteiger partial charge is 0.257 e. The van der Waals surface area contributed by atoms with Gasteiger partial charge < -0.3 is 9.64 Å². The molecular formula is C24H26BrN4O4S2+. The zero-order valence-electron chi connectivity index (χ0n) is 19.0. The van der Waals surface area contributed by atoms with E-state index in [1.807, 2.05) is 6.07 Å². The quantitative estimate of drug-likeness (QED) is 0.469. The van der Waals surface area contributed by atoms with Crippen LogP contribution in [0.5, 0.6) is 0 Å². The summed E-state index contributed by atoms with van der Waals surface area (Å²) in [6.07, 6.45) is 0.865. The number of hydrogen-bond acceptors (Lipinski definition) is 6. The summed E-state index contributed by atoms with van der Waals surface area (Å²) in [6.45, 7) is 4.12. The van der Waals surface area contributed by atoms with Crippen molar-refractivity contribution < 1.29 is 22.8 Å². The Balaban J connectivity index is 1.29. The fourth-order valence-electron chi connectivity index (χ4n) is 4.35. The Morgan fingerprint density at radius 1 is 1.17 bits per heavy atom. The number of nitrogens with one attached hydrogen (secondary N) is 2. The van der Waals surface area contributed by atoms with E-state index in [4.69, 9.17) is 4.74 Å². The van der Waals surface area contributed by atoms with E-state index >= 15 is 0 Å². The van der Waals surface area contributed by atoms with Crippen LogP contribution >= 0.6 is 27.3 Å². The molecule has 8 nitrogen and oxygen atoms in total. The first kappa shape index (κ1) is 24.5. The van der Waals surface area contributed by atoms with E-state index in [0.29, 0.717) is 35.9 Å². The number of ether oxygens (including phenoxy) is 1. The average Bonchev–Trinajstić information content (AvgIpc) is 3.27. The summed E-state index contributed by atoms with van der Waals surface area (Å²) in [7, 11) is -3.75. The van der Waals surface area contributed by atoms with Crippen LogP contribution in [-0.4, -0.2) is 56.5 Å². The van der Waals surface area contributed by atoms with E-state index < -0.39 is 10.0 Å². The minimum absolute atomic E-state index is 0.0747. The second-order valence-electron chi connectivity index (χ2n) is 8.59. The highest BCUT2D eigenvalue weighted by Crippen LogP contribution is 2.28. The molecule has 11 heteroatoms. The number of anilines is 1. The Labute approximate surface area is 217 Å². The van der Waals surface area contributed by atoms with Gasteiger partial charge in [-0.1, -0.05) is 41.7 Å². The molecule has 3 heterocycles. The molecule has 5 rings (SSSR count). The molecule has 0 radical (unpaired) electrons. The summed E-state index contributed by atoms with van der Waals surface area (Å²) < 4.78 is 33.3. The lowest BCUT2D eigenvalue weighted by atomic mass is 10.1. The van der Waals surface area contributed by atoms with Gasteiger partial charge in [0.05, 0.1) is 35.2 Å². The molecule has 2 aliphatic rings. The van der Waals surface area contributed by atoms with Crippen molar-refractivity contribution in [3.63, 3.8) is 0 Å². The predicted molar refractivity (Wildman–Crippen MR) is 137 cm³/mol. The van der Waals surface area contributed by atoms with Crippen LogP contribution in [-0.2, 0) is 34.3 Å². The van der Waals surface area contributed by atoms with Crippen molar-refractivity contribution in [2.24, 2.45) is 0 Å². The van der Waals surface area contributed by atoms with Crippen molar-refractivity contribution in [1.82, 2.24) is 9.29 Å². The van der Waals surface area contributed by atoms with Gasteiger partial charge in [-0.25, -0.2) is 13.4 Å². The van der Waals surface area contributed by atoms with Crippen LogP contribution < -0.4 is 10.2 Å². The van der Waals surface area contributed by atoms with Crippen LogP contribution in [0.3, 0.4) is 0 Å². The Bertz CT molecular complexity index is 1320. The fraction of sp³-hybridized carbons (Fsp3) is 0.333. The highest BCUT2D eigenvalue weighted by Gasteiger charge is 2.29. The number of amides is 1. The minimum atomic E-state index is -3.75. The number of sulfonamides is 1. The number of thiazole rings is 1. The van der Waals surface area contributed by atoms with Crippen molar-refractivity contribution in [2.75, 3.05) is 38.2 Å². The average molecular weight is 579 g/mol. The van der Waals surface area contributed by atoms with Gasteiger partial charge in [-0.15, -0.1) is 0 Å². The van der Waals surface area contributed by atoms with Gasteiger partial charge in [-0.3, -0.25) is 10.1 Å². The SMILES string of the molecule is O=C(Nc1nc2c(s1)C[NH+](Cc1ccccc1)CC2)c1ccc(Br)c(S(=O)(=O)N2CCOCC2)c1. The predicted octanol–water partition coefficient (Wildman–Crippen LogP) is 2.32. The van der Waals surface area contributed by atoms with Crippen molar-refractivity contribution in [1.29, 1.82) is 0 Å². The number of quaternary nitrogens is 1. The van der Waals surface area contributed by atoms with Gasteiger partial charge in [0, 0.05) is 35.1 Å². The summed E-state index contributed by atoms with van der Waals surface area (Å²) in [5.74, 6) is -0.379. The van der Waals surface area contributed by atoms with Crippen LogP contribution in [0.15, 0.2) is 57.9 Å². The zero-order valence-corrected chi connectivity index (χ0v) is 22.2. The van der Waals surface area contributed by atoms with E-state index in [9.17, 15) is 13.2 Å². The molecule has 1 unspecified atom stereocenters. The molecule has 1 fully saturated rings. The van der Waals surface area contributed by atoms with E-state index in [1.54, 1.807) is 12.1 Å². The number of rotatable bonds is 6. The first-order valence-electron chi connectivity index (χ1n) is 11.4. The Hall–Kier alpha value is -2.15. The lowest BCUT2D eigenvalue weighted by Crippen LogP contribution is -3.10. The third-order valence-corrected chi connectivity index (χ3v) is 10.1. The van der Waals surface area contributed by atoms with E-state index in [-0.39, 0.29) is 16.4 Å². The lowest BCUT2D eigenvalue weighted by Gasteiger charge is -2.26. The highest BCUT2D eigenvalue weighted by molar-refractivity contribution is 9.10. The molecule has 184 valence electrons. The first-order valence-corrected chi connectivity index (χ1v) is 14.5. The Morgan fingerprint density at radius 2 is 1.94 bits per heavy atom. The van der Waals surface area contributed by atoms with Gasteiger partial charge >= 0.3 is 0 Å². The van der Waals surface area contributed by atoms with E-state index in [0.717, 1.165) is 31.7 Å². The first-order chi connectivity index (χ1) is 16.9. The summed E-state index contributed by atoms with van der Waals surface area (Å²) in [5, 5.41) is 3.42. The number of morpholine rings is 1. The summed E-state index contributed by atoms with van der Waals surface area (Å²) in [5.41, 5.74) is 2.61. The summed E-state index contributed by atoms with van der Waals surface area (Å²) in [4.78, 5) is 20.4. The molecule has 3 aromatic rings. The number of halogens is 1. The molecule has 2 N–H and O–H groups in total. The topological polar surface area (TPSA) is 93.0 Å². The molecule has 1 amide bonds. The van der Waals surface area contributed by atoms with Gasteiger partial charge in [0.1, 0.15) is 13.1 Å². The molecule has 2 aliphatic heterocycles. The maximum Gasteiger partial charge on any atom is 0.257 e. The third kappa shape index (κ3) is 5.50. The van der Waals surface area contributed by atoms with Crippen molar-refractivity contribution in [3.05, 3.63) is 74.7 Å². The second kappa shape index (κ2) is 10.5. The van der Waals surface area contributed by atoms with Gasteiger partial charge in [0.25, 0.3) is 5.91 Å². The van der Waals surface area contributed by atoms with E-state index in [2.05, 4.69) is 50.5 Å². The summed E-state index contributed by atoms with van der Waals surface area (Å²) >= 11 is 4.83. The van der Waals surface area contributed by atoms with Gasteiger partial charge in [0.15, 0.2) is 5.13 Å². The van der Waals surface area contributed by atoms with Gasteiger partial charge in [-0.05, 0) is 34.1 Å². The summed E-state index contributed by atoms with van der Waals surface area (Å²) in [6, 6.07) is 15.1. The number of carbonyl (C=O) groups is 1. The number of nitrogens with zero attached hydrogens (tertiary/aromatic N) is 2.